The Morgan fingerprint density at radius 1 is 1.50 bits per heavy atom. The second kappa shape index (κ2) is 6.47. The summed E-state index contributed by atoms with van der Waals surface area (Å²) in [6, 6.07) is 6.46. The van der Waals surface area contributed by atoms with E-state index in [1.807, 2.05) is 31.9 Å². The molecule has 0 spiro atoms. The first kappa shape index (κ1) is 14.6. The number of hydrogen-bond acceptors (Lipinski definition) is 3. The highest BCUT2D eigenvalue weighted by Gasteiger charge is 2.22. The van der Waals surface area contributed by atoms with E-state index in [0.717, 1.165) is 5.56 Å². The minimum atomic E-state index is -0.249. The zero-order valence-corrected chi connectivity index (χ0v) is 11.0. The van der Waals surface area contributed by atoms with Crippen molar-refractivity contribution in [3.8, 4) is 0 Å². The second-order valence-corrected chi connectivity index (χ2v) is 4.58. The second-order valence-electron chi connectivity index (χ2n) is 4.58. The van der Waals surface area contributed by atoms with Gasteiger partial charge in [-0.15, -0.1) is 0 Å². The maximum absolute atomic E-state index is 13.1. The van der Waals surface area contributed by atoms with E-state index in [-0.39, 0.29) is 23.7 Å². The smallest absolute Gasteiger partial charge is 0.238 e. The van der Waals surface area contributed by atoms with E-state index < -0.39 is 0 Å². The monoisotopic (exact) mass is 253 g/mol. The molecule has 2 unspecified atom stereocenters. The van der Waals surface area contributed by atoms with Crippen LogP contribution in [0.15, 0.2) is 24.3 Å². The highest BCUT2D eigenvalue weighted by atomic mass is 19.1. The van der Waals surface area contributed by atoms with Crippen LogP contribution in [-0.2, 0) is 11.3 Å². The number of hydrogen-bond donors (Lipinski definition) is 2. The minimum Gasteiger partial charge on any atom is -0.299 e. The Kier molecular flexibility index (Phi) is 5.25. The average Bonchev–Trinajstić information content (AvgIpc) is 2.36. The zero-order valence-electron chi connectivity index (χ0n) is 11.0. The summed E-state index contributed by atoms with van der Waals surface area (Å²) in [5.74, 6) is 4.44. The molecule has 100 valence electrons. The predicted octanol–water partition coefficient (Wildman–Crippen LogP) is 1.27. The number of rotatable bonds is 5. The third-order valence-electron chi connectivity index (χ3n) is 3.30. The number of carbonyl (C=O) groups excluding carboxylic acids is 1. The molecule has 1 rings (SSSR count). The molecular weight excluding hydrogens is 233 g/mol. The third kappa shape index (κ3) is 3.78. The van der Waals surface area contributed by atoms with Gasteiger partial charge in [0.15, 0.2) is 0 Å². The Morgan fingerprint density at radius 3 is 2.72 bits per heavy atom. The summed E-state index contributed by atoms with van der Waals surface area (Å²) < 4.78 is 13.1. The van der Waals surface area contributed by atoms with Crippen molar-refractivity contribution in [1.29, 1.82) is 0 Å². The highest BCUT2D eigenvalue weighted by molar-refractivity contribution is 5.78. The molecule has 0 aliphatic rings. The lowest BCUT2D eigenvalue weighted by atomic mass is 10.0. The fraction of sp³-hybridized carbons (Fsp3) is 0.462. The van der Waals surface area contributed by atoms with Gasteiger partial charge in [-0.05, 0) is 31.7 Å². The predicted molar refractivity (Wildman–Crippen MR) is 68.8 cm³/mol. The van der Waals surface area contributed by atoms with E-state index in [9.17, 15) is 9.18 Å². The molecule has 1 aromatic rings. The van der Waals surface area contributed by atoms with Crippen LogP contribution in [-0.4, -0.2) is 23.9 Å². The normalized spacial score (nSPS) is 14.3. The van der Waals surface area contributed by atoms with Crippen molar-refractivity contribution in [2.24, 2.45) is 11.8 Å². The van der Waals surface area contributed by atoms with E-state index in [2.05, 4.69) is 5.43 Å². The van der Waals surface area contributed by atoms with Crippen molar-refractivity contribution >= 4 is 5.91 Å². The quantitative estimate of drug-likeness (QED) is 0.472. The van der Waals surface area contributed by atoms with Gasteiger partial charge in [0.1, 0.15) is 5.82 Å². The Morgan fingerprint density at radius 2 is 2.17 bits per heavy atom. The summed E-state index contributed by atoms with van der Waals surface area (Å²) >= 11 is 0. The lowest BCUT2D eigenvalue weighted by Crippen LogP contribution is -2.44. The molecule has 2 atom stereocenters. The molecule has 3 N–H and O–H groups in total. The molecule has 1 amide bonds. The van der Waals surface area contributed by atoms with Crippen molar-refractivity contribution in [2.45, 2.75) is 26.4 Å². The summed E-state index contributed by atoms with van der Waals surface area (Å²) in [5.41, 5.74) is 3.03. The van der Waals surface area contributed by atoms with Gasteiger partial charge in [0.25, 0.3) is 0 Å². The van der Waals surface area contributed by atoms with E-state index in [1.54, 1.807) is 6.07 Å². The van der Waals surface area contributed by atoms with Crippen LogP contribution in [0.25, 0.3) is 0 Å². The molecule has 0 aliphatic carbocycles. The number of benzene rings is 1. The summed E-state index contributed by atoms with van der Waals surface area (Å²) in [7, 11) is 1.90. The van der Waals surface area contributed by atoms with Gasteiger partial charge in [-0.3, -0.25) is 15.1 Å². The molecule has 0 bridgehead atoms. The summed E-state index contributed by atoms with van der Waals surface area (Å²) in [6.45, 7) is 4.34. The molecule has 0 fully saturated rings. The fourth-order valence-electron chi connectivity index (χ4n) is 1.80. The van der Waals surface area contributed by atoms with Crippen LogP contribution in [0.1, 0.15) is 19.4 Å². The lowest BCUT2D eigenvalue weighted by Gasteiger charge is -2.28. The first-order valence-electron chi connectivity index (χ1n) is 5.91. The van der Waals surface area contributed by atoms with Gasteiger partial charge in [-0.25, -0.2) is 10.2 Å². The number of nitrogens with zero attached hydrogens (tertiary/aromatic N) is 1. The maximum atomic E-state index is 13.1. The molecule has 0 saturated carbocycles. The topological polar surface area (TPSA) is 58.4 Å². The Hall–Kier alpha value is -1.46. The highest BCUT2D eigenvalue weighted by Crippen LogP contribution is 2.13. The van der Waals surface area contributed by atoms with Crippen molar-refractivity contribution in [3.63, 3.8) is 0 Å². The van der Waals surface area contributed by atoms with E-state index in [0.29, 0.717) is 6.54 Å². The van der Waals surface area contributed by atoms with Gasteiger partial charge >= 0.3 is 0 Å². The SMILES string of the molecule is CC(C(=O)NN)C(C)N(C)Cc1cccc(F)c1. The van der Waals surface area contributed by atoms with E-state index in [4.69, 9.17) is 5.84 Å². The molecule has 1 aromatic carbocycles. The Labute approximate surface area is 107 Å². The van der Waals surface area contributed by atoms with Crippen LogP contribution in [0.4, 0.5) is 4.39 Å². The molecule has 18 heavy (non-hydrogen) atoms. The van der Waals surface area contributed by atoms with Gasteiger partial charge in [0, 0.05) is 12.6 Å². The van der Waals surface area contributed by atoms with Gasteiger partial charge in [-0.2, -0.15) is 0 Å². The maximum Gasteiger partial charge on any atom is 0.238 e. The van der Waals surface area contributed by atoms with Crippen molar-refractivity contribution in [2.75, 3.05) is 7.05 Å². The van der Waals surface area contributed by atoms with Gasteiger partial charge in [0.2, 0.25) is 5.91 Å². The van der Waals surface area contributed by atoms with Gasteiger partial charge in [0.05, 0.1) is 5.92 Å². The van der Waals surface area contributed by atoms with E-state index >= 15 is 0 Å². The van der Waals surface area contributed by atoms with E-state index in [1.165, 1.54) is 12.1 Å². The van der Waals surface area contributed by atoms with Crippen molar-refractivity contribution < 1.29 is 9.18 Å². The summed E-state index contributed by atoms with van der Waals surface area (Å²) in [4.78, 5) is 13.4. The third-order valence-corrected chi connectivity index (χ3v) is 3.30. The number of nitrogens with one attached hydrogen (secondary N) is 1. The summed E-state index contributed by atoms with van der Waals surface area (Å²) in [5, 5.41) is 0. The van der Waals surface area contributed by atoms with Crippen LogP contribution in [0.2, 0.25) is 0 Å². The van der Waals surface area contributed by atoms with Crippen LogP contribution in [0, 0.1) is 11.7 Å². The van der Waals surface area contributed by atoms with Gasteiger partial charge in [-0.1, -0.05) is 19.1 Å². The lowest BCUT2D eigenvalue weighted by molar-refractivity contribution is -0.126. The molecule has 0 aliphatic heterocycles. The fourth-order valence-corrected chi connectivity index (χ4v) is 1.80. The van der Waals surface area contributed by atoms with Gasteiger partial charge < -0.3 is 0 Å². The molecule has 0 saturated heterocycles. The molecule has 0 heterocycles. The average molecular weight is 253 g/mol. The first-order valence-corrected chi connectivity index (χ1v) is 5.91. The number of halogens is 1. The summed E-state index contributed by atoms with van der Waals surface area (Å²) in [6.07, 6.45) is 0. The number of nitrogens with two attached hydrogens (primary N) is 1. The zero-order chi connectivity index (χ0) is 13.7. The number of amides is 1. The first-order chi connectivity index (χ1) is 8.45. The van der Waals surface area contributed by atoms with Crippen LogP contribution in [0.5, 0.6) is 0 Å². The molecule has 5 heteroatoms. The molecule has 0 radical (unpaired) electrons. The molecule has 4 nitrogen and oxygen atoms in total. The number of hydrazine groups is 1. The van der Waals surface area contributed by atoms with Crippen LogP contribution < -0.4 is 11.3 Å². The van der Waals surface area contributed by atoms with Crippen LogP contribution >= 0.6 is 0 Å². The van der Waals surface area contributed by atoms with Crippen molar-refractivity contribution in [3.05, 3.63) is 35.6 Å². The largest absolute Gasteiger partial charge is 0.299 e. The van der Waals surface area contributed by atoms with Crippen molar-refractivity contribution in [1.82, 2.24) is 10.3 Å². The number of carbonyl (C=O) groups is 1. The molecular formula is C13H20FN3O. The minimum absolute atomic E-state index is 0.0109. The Balaban J connectivity index is 2.65. The molecule has 0 aromatic heterocycles. The standard InChI is InChI=1S/C13H20FN3O/c1-9(13(18)16-15)10(2)17(3)8-11-5-4-6-12(14)7-11/h4-7,9-10H,8,15H2,1-3H3,(H,16,18). The Bertz CT molecular complexity index is 411. The van der Waals surface area contributed by atoms with Crippen LogP contribution in [0.3, 0.4) is 0 Å².